The molecule has 3 heteroatoms. The number of methoxy groups -OCH3 is 1. The Hall–Kier alpha value is -0.380. The van der Waals surface area contributed by atoms with Crippen molar-refractivity contribution in [3.8, 4) is 0 Å². The number of nitrogens with one attached hydrogen (secondary N) is 1. The first-order chi connectivity index (χ1) is 8.06. The van der Waals surface area contributed by atoms with Gasteiger partial charge in [-0.2, -0.15) is 0 Å². The molecule has 0 saturated heterocycles. The minimum atomic E-state index is 0.209. The van der Waals surface area contributed by atoms with Crippen molar-refractivity contribution in [2.75, 3.05) is 26.8 Å². The topological polar surface area (TPSA) is 21.3 Å². The van der Waals surface area contributed by atoms with Crippen molar-refractivity contribution in [2.24, 2.45) is 0 Å². The van der Waals surface area contributed by atoms with Crippen molar-refractivity contribution >= 4 is 15.9 Å². The van der Waals surface area contributed by atoms with Crippen LogP contribution in [0.2, 0.25) is 0 Å². The molecule has 0 aromatic heterocycles. The number of halogens is 1. The summed E-state index contributed by atoms with van der Waals surface area (Å²) in [5.74, 6) is 0. The summed E-state index contributed by atoms with van der Waals surface area (Å²) in [6.07, 6.45) is 1.12. The number of ether oxygens (including phenoxy) is 1. The Labute approximate surface area is 113 Å². The van der Waals surface area contributed by atoms with E-state index in [0.717, 1.165) is 30.6 Å². The quantitative estimate of drug-likeness (QED) is 0.780. The number of benzene rings is 1. The minimum absolute atomic E-state index is 0.209. The second-order valence-electron chi connectivity index (χ2n) is 4.88. The summed E-state index contributed by atoms with van der Waals surface area (Å²) >= 11 is 3.47. The average molecular weight is 300 g/mol. The van der Waals surface area contributed by atoms with E-state index in [1.54, 1.807) is 7.11 Å². The summed E-state index contributed by atoms with van der Waals surface area (Å²) in [7, 11) is 1.73. The summed E-state index contributed by atoms with van der Waals surface area (Å²) in [6.45, 7) is 7.29. The number of rotatable bonds is 7. The van der Waals surface area contributed by atoms with Gasteiger partial charge >= 0.3 is 0 Å². The third-order valence-electron chi connectivity index (χ3n) is 3.04. The Morgan fingerprint density at radius 3 is 2.41 bits per heavy atom. The first-order valence-corrected chi connectivity index (χ1v) is 6.81. The van der Waals surface area contributed by atoms with E-state index in [4.69, 9.17) is 4.74 Å². The van der Waals surface area contributed by atoms with Crippen LogP contribution >= 0.6 is 15.9 Å². The fraction of sp³-hybridized carbons (Fsp3) is 0.571. The molecule has 0 unspecified atom stereocenters. The standard InChI is InChI=1S/C14H22BrNO/c1-14(2,8-9-16-10-11-17-3)12-4-6-13(15)7-5-12/h4-7,16H,8-11H2,1-3H3. The lowest BCUT2D eigenvalue weighted by Crippen LogP contribution is -2.27. The van der Waals surface area contributed by atoms with Crippen molar-refractivity contribution in [3.05, 3.63) is 34.3 Å². The van der Waals surface area contributed by atoms with Crippen LogP contribution in [0.3, 0.4) is 0 Å². The van der Waals surface area contributed by atoms with Crippen molar-refractivity contribution < 1.29 is 4.74 Å². The third kappa shape index (κ3) is 5.19. The molecule has 0 amide bonds. The Kier molecular flexibility index (Phi) is 6.17. The maximum atomic E-state index is 5.00. The first-order valence-electron chi connectivity index (χ1n) is 6.02. The third-order valence-corrected chi connectivity index (χ3v) is 3.56. The molecule has 96 valence electrons. The van der Waals surface area contributed by atoms with E-state index in [-0.39, 0.29) is 5.41 Å². The van der Waals surface area contributed by atoms with Gasteiger partial charge in [0, 0.05) is 18.1 Å². The first kappa shape index (κ1) is 14.7. The van der Waals surface area contributed by atoms with Crippen molar-refractivity contribution in [2.45, 2.75) is 25.7 Å². The SMILES string of the molecule is COCCNCCC(C)(C)c1ccc(Br)cc1. The van der Waals surface area contributed by atoms with Crippen molar-refractivity contribution in [3.63, 3.8) is 0 Å². The van der Waals surface area contributed by atoms with Crippen LogP contribution in [0, 0.1) is 0 Å². The highest BCUT2D eigenvalue weighted by Gasteiger charge is 2.19. The van der Waals surface area contributed by atoms with Crippen LogP contribution in [0.4, 0.5) is 0 Å². The van der Waals surface area contributed by atoms with Gasteiger partial charge in [0.2, 0.25) is 0 Å². The van der Waals surface area contributed by atoms with E-state index in [1.807, 2.05) is 0 Å². The summed E-state index contributed by atoms with van der Waals surface area (Å²) < 4.78 is 6.14. The monoisotopic (exact) mass is 299 g/mol. The zero-order valence-electron chi connectivity index (χ0n) is 10.9. The molecule has 0 saturated carbocycles. The molecule has 17 heavy (non-hydrogen) atoms. The van der Waals surface area contributed by atoms with Gasteiger partial charge in [-0.25, -0.2) is 0 Å². The minimum Gasteiger partial charge on any atom is -0.383 e. The highest BCUT2D eigenvalue weighted by molar-refractivity contribution is 9.10. The second-order valence-corrected chi connectivity index (χ2v) is 5.80. The van der Waals surface area contributed by atoms with Gasteiger partial charge in [0.25, 0.3) is 0 Å². The van der Waals surface area contributed by atoms with Gasteiger partial charge in [-0.05, 0) is 36.1 Å². The Morgan fingerprint density at radius 2 is 1.82 bits per heavy atom. The lowest BCUT2D eigenvalue weighted by atomic mass is 9.81. The zero-order valence-corrected chi connectivity index (χ0v) is 12.5. The average Bonchev–Trinajstić information content (AvgIpc) is 2.29. The Morgan fingerprint density at radius 1 is 1.18 bits per heavy atom. The largest absolute Gasteiger partial charge is 0.383 e. The maximum absolute atomic E-state index is 5.00. The Bertz CT molecular complexity index is 321. The molecule has 0 atom stereocenters. The van der Waals surface area contributed by atoms with E-state index in [9.17, 15) is 0 Å². The van der Waals surface area contributed by atoms with E-state index >= 15 is 0 Å². The normalized spacial score (nSPS) is 11.8. The van der Waals surface area contributed by atoms with E-state index in [0.29, 0.717) is 0 Å². The maximum Gasteiger partial charge on any atom is 0.0587 e. The predicted octanol–water partition coefficient (Wildman–Crippen LogP) is 3.35. The molecule has 0 aliphatic heterocycles. The molecule has 1 N–H and O–H groups in total. The van der Waals surface area contributed by atoms with E-state index < -0.39 is 0 Å². The van der Waals surface area contributed by atoms with Gasteiger partial charge in [0.05, 0.1) is 6.61 Å². The van der Waals surface area contributed by atoms with Crippen LogP contribution in [-0.4, -0.2) is 26.8 Å². The second kappa shape index (κ2) is 7.14. The Balaban J connectivity index is 2.42. The van der Waals surface area contributed by atoms with Crippen LogP contribution in [0.15, 0.2) is 28.7 Å². The lowest BCUT2D eigenvalue weighted by Gasteiger charge is -2.25. The fourth-order valence-corrected chi connectivity index (χ4v) is 2.01. The molecule has 1 aromatic carbocycles. The van der Waals surface area contributed by atoms with E-state index in [2.05, 4.69) is 59.4 Å². The number of hydrogen-bond acceptors (Lipinski definition) is 2. The molecule has 0 radical (unpaired) electrons. The predicted molar refractivity (Wildman–Crippen MR) is 76.5 cm³/mol. The van der Waals surface area contributed by atoms with Crippen molar-refractivity contribution in [1.29, 1.82) is 0 Å². The van der Waals surface area contributed by atoms with Crippen LogP contribution in [-0.2, 0) is 10.2 Å². The fourth-order valence-electron chi connectivity index (χ4n) is 1.75. The molecule has 2 nitrogen and oxygen atoms in total. The van der Waals surface area contributed by atoms with Crippen LogP contribution in [0.5, 0.6) is 0 Å². The smallest absolute Gasteiger partial charge is 0.0587 e. The van der Waals surface area contributed by atoms with Crippen LogP contribution < -0.4 is 5.32 Å². The molecule has 0 spiro atoms. The molecule has 0 aliphatic rings. The summed E-state index contributed by atoms with van der Waals surface area (Å²) in [5, 5.41) is 3.39. The van der Waals surface area contributed by atoms with Gasteiger partial charge in [0.15, 0.2) is 0 Å². The molecular formula is C14H22BrNO. The molecule has 1 rings (SSSR count). The van der Waals surface area contributed by atoms with Gasteiger partial charge in [-0.15, -0.1) is 0 Å². The lowest BCUT2D eigenvalue weighted by molar-refractivity contribution is 0.198. The van der Waals surface area contributed by atoms with Gasteiger partial charge < -0.3 is 10.1 Å². The molecule has 0 bridgehead atoms. The van der Waals surface area contributed by atoms with E-state index in [1.165, 1.54) is 5.56 Å². The van der Waals surface area contributed by atoms with Gasteiger partial charge in [-0.1, -0.05) is 41.9 Å². The molecule has 0 fully saturated rings. The van der Waals surface area contributed by atoms with Crippen LogP contribution in [0.1, 0.15) is 25.8 Å². The number of hydrogen-bond donors (Lipinski definition) is 1. The van der Waals surface area contributed by atoms with Crippen molar-refractivity contribution in [1.82, 2.24) is 5.32 Å². The zero-order chi connectivity index (χ0) is 12.7. The highest BCUT2D eigenvalue weighted by Crippen LogP contribution is 2.27. The molecule has 0 aliphatic carbocycles. The highest BCUT2D eigenvalue weighted by atomic mass is 79.9. The molecule has 1 aromatic rings. The molecular weight excluding hydrogens is 278 g/mol. The van der Waals surface area contributed by atoms with Crippen LogP contribution in [0.25, 0.3) is 0 Å². The summed E-state index contributed by atoms with van der Waals surface area (Å²) in [4.78, 5) is 0. The summed E-state index contributed by atoms with van der Waals surface area (Å²) in [5.41, 5.74) is 1.59. The van der Waals surface area contributed by atoms with Gasteiger partial charge in [-0.3, -0.25) is 0 Å². The summed E-state index contributed by atoms with van der Waals surface area (Å²) in [6, 6.07) is 8.60. The molecule has 0 heterocycles. The van der Waals surface area contributed by atoms with Gasteiger partial charge in [0.1, 0.15) is 0 Å².